The Balaban J connectivity index is 2.86. The van der Waals surface area contributed by atoms with Gasteiger partial charge in [-0.25, -0.2) is 9.59 Å². The number of nitrogens with zero attached hydrogens (tertiary/aromatic N) is 1. The minimum absolute atomic E-state index is 0.266. The number of aliphatic hydroxyl groups is 3. The van der Waals surface area contributed by atoms with Crippen LogP contribution in [0.25, 0.3) is 0 Å². The van der Waals surface area contributed by atoms with Crippen LogP contribution in [0.2, 0.25) is 0 Å². The molecule has 0 bridgehead atoms. The lowest BCUT2D eigenvalue weighted by atomic mass is 10.0. The zero-order chi connectivity index (χ0) is 15.0. The number of hydrogen-bond acceptors (Lipinski definition) is 6. The van der Waals surface area contributed by atoms with Gasteiger partial charge in [0, 0.05) is 6.54 Å². The fourth-order valence-electron chi connectivity index (χ4n) is 1.87. The second kappa shape index (κ2) is 4.95. The minimum Gasteiger partial charge on any atom is -0.480 e. The monoisotopic (exact) mass is 277 g/mol. The molecule has 0 spiro atoms. The Kier molecular flexibility index (Phi) is 4.08. The van der Waals surface area contributed by atoms with Gasteiger partial charge in [0.15, 0.2) is 0 Å². The molecule has 0 aromatic carbocycles. The van der Waals surface area contributed by atoms with E-state index >= 15 is 0 Å². The first-order chi connectivity index (χ1) is 8.42. The van der Waals surface area contributed by atoms with E-state index in [1.54, 1.807) is 20.8 Å². The van der Waals surface area contributed by atoms with Crippen molar-refractivity contribution in [3.8, 4) is 0 Å². The molecule has 1 heterocycles. The summed E-state index contributed by atoms with van der Waals surface area (Å²) in [5.41, 5.74) is -0.799. The third-order valence-corrected chi connectivity index (χ3v) is 2.76. The van der Waals surface area contributed by atoms with Gasteiger partial charge in [0.25, 0.3) is 5.97 Å². The van der Waals surface area contributed by atoms with Crippen molar-refractivity contribution in [2.75, 3.05) is 6.54 Å². The van der Waals surface area contributed by atoms with Crippen LogP contribution in [0.5, 0.6) is 0 Å². The number of ether oxygens (including phenoxy) is 1. The second-order valence-corrected chi connectivity index (χ2v) is 5.61. The number of carboxylic acids is 1. The molecule has 1 amide bonds. The number of likely N-dealkylation sites (tertiary alicyclic amines) is 1. The summed E-state index contributed by atoms with van der Waals surface area (Å²) in [6, 6.07) is -1.26. The van der Waals surface area contributed by atoms with Crippen LogP contribution in [0.1, 0.15) is 27.2 Å². The second-order valence-electron chi connectivity index (χ2n) is 5.61. The summed E-state index contributed by atoms with van der Waals surface area (Å²) in [7, 11) is 0. The van der Waals surface area contributed by atoms with E-state index in [0.29, 0.717) is 0 Å². The molecule has 0 saturated carbocycles. The highest BCUT2D eigenvalue weighted by Gasteiger charge is 2.48. The highest BCUT2D eigenvalue weighted by Crippen LogP contribution is 2.30. The van der Waals surface area contributed by atoms with Crippen LogP contribution in [0, 0.1) is 5.92 Å². The quantitative estimate of drug-likeness (QED) is 0.493. The van der Waals surface area contributed by atoms with E-state index in [-0.39, 0.29) is 13.0 Å². The van der Waals surface area contributed by atoms with E-state index in [2.05, 4.69) is 0 Å². The number of carbonyl (C=O) groups excluding carboxylic acids is 1. The zero-order valence-corrected chi connectivity index (χ0v) is 11.0. The number of aliphatic carboxylic acids is 1. The Bertz CT molecular complexity index is 368. The topological polar surface area (TPSA) is 128 Å². The summed E-state index contributed by atoms with van der Waals surface area (Å²) in [5, 5.41) is 36.3. The molecule has 8 nitrogen and oxygen atoms in total. The van der Waals surface area contributed by atoms with E-state index < -0.39 is 35.6 Å². The SMILES string of the molecule is CC(C)(C)OC(=O)N1C[C@H](C(O)(O)O)C[C@H]1C(=O)O. The minimum atomic E-state index is -3.02. The van der Waals surface area contributed by atoms with E-state index in [1.807, 2.05) is 0 Å². The van der Waals surface area contributed by atoms with E-state index in [0.717, 1.165) is 4.90 Å². The fraction of sp³-hybridized carbons (Fsp3) is 0.818. The van der Waals surface area contributed by atoms with Crippen LogP contribution < -0.4 is 0 Å². The van der Waals surface area contributed by atoms with Crippen molar-refractivity contribution < 1.29 is 34.8 Å². The third-order valence-electron chi connectivity index (χ3n) is 2.76. The lowest BCUT2D eigenvalue weighted by Gasteiger charge is -2.27. The summed E-state index contributed by atoms with van der Waals surface area (Å²) in [6.45, 7) is 4.57. The highest BCUT2D eigenvalue weighted by atomic mass is 16.7. The highest BCUT2D eigenvalue weighted by molar-refractivity contribution is 5.81. The molecule has 4 N–H and O–H groups in total. The molecule has 0 aromatic rings. The van der Waals surface area contributed by atoms with Crippen LogP contribution >= 0.6 is 0 Å². The molecule has 1 saturated heterocycles. The Morgan fingerprint density at radius 1 is 1.21 bits per heavy atom. The van der Waals surface area contributed by atoms with Crippen molar-refractivity contribution in [1.82, 2.24) is 4.90 Å². The Morgan fingerprint density at radius 2 is 1.74 bits per heavy atom. The summed E-state index contributed by atoms with van der Waals surface area (Å²) in [6.07, 6.45) is -1.13. The average Bonchev–Trinajstić information content (AvgIpc) is 2.57. The normalized spacial score (nSPS) is 24.4. The summed E-state index contributed by atoms with van der Waals surface area (Å²) in [4.78, 5) is 23.8. The van der Waals surface area contributed by atoms with Gasteiger partial charge in [0.05, 0.1) is 5.92 Å². The Morgan fingerprint density at radius 3 is 2.11 bits per heavy atom. The van der Waals surface area contributed by atoms with Crippen molar-refractivity contribution >= 4 is 12.1 Å². The standard InChI is InChI=1S/C11H19NO7/c1-10(2,3)19-9(15)12-5-6(11(16,17)18)4-7(12)8(13)14/h6-7,16-18H,4-5H2,1-3H3,(H,13,14)/t6-,7+/m1/s1. The molecular weight excluding hydrogens is 258 g/mol. The van der Waals surface area contributed by atoms with Gasteiger partial charge in [-0.15, -0.1) is 0 Å². The molecule has 1 fully saturated rings. The predicted octanol–water partition coefficient (Wildman–Crippen LogP) is -0.673. The first kappa shape index (κ1) is 15.7. The zero-order valence-electron chi connectivity index (χ0n) is 11.0. The molecule has 0 aromatic heterocycles. The first-order valence-corrected chi connectivity index (χ1v) is 5.81. The number of carboxylic acid groups (broad SMARTS) is 1. The van der Waals surface area contributed by atoms with Crippen molar-refractivity contribution in [2.24, 2.45) is 5.92 Å². The number of rotatable bonds is 2. The molecule has 1 aliphatic rings. The maximum absolute atomic E-state index is 11.8. The molecule has 0 radical (unpaired) electrons. The lowest BCUT2D eigenvalue weighted by molar-refractivity contribution is -0.339. The lowest BCUT2D eigenvalue weighted by Crippen LogP contribution is -2.44. The van der Waals surface area contributed by atoms with Crippen LogP contribution in [0.4, 0.5) is 4.79 Å². The van der Waals surface area contributed by atoms with Crippen LogP contribution in [0.3, 0.4) is 0 Å². The molecule has 19 heavy (non-hydrogen) atoms. The van der Waals surface area contributed by atoms with E-state index in [9.17, 15) is 9.59 Å². The van der Waals surface area contributed by atoms with Crippen molar-refractivity contribution in [3.63, 3.8) is 0 Å². The summed E-state index contributed by atoms with van der Waals surface area (Å²) >= 11 is 0. The molecule has 0 aliphatic carbocycles. The largest absolute Gasteiger partial charge is 0.480 e. The van der Waals surface area contributed by atoms with Gasteiger partial charge in [-0.3, -0.25) is 4.90 Å². The first-order valence-electron chi connectivity index (χ1n) is 5.81. The van der Waals surface area contributed by atoms with Gasteiger partial charge >= 0.3 is 12.1 Å². The van der Waals surface area contributed by atoms with Crippen LogP contribution in [-0.4, -0.2) is 61.5 Å². The third kappa shape index (κ3) is 4.05. The Hall–Kier alpha value is -1.38. The molecule has 1 aliphatic heterocycles. The maximum Gasteiger partial charge on any atom is 0.411 e. The number of carbonyl (C=O) groups is 2. The van der Waals surface area contributed by atoms with Gasteiger partial charge in [-0.2, -0.15) is 0 Å². The molecule has 8 heteroatoms. The van der Waals surface area contributed by atoms with E-state index in [4.69, 9.17) is 25.2 Å². The molecule has 2 atom stereocenters. The van der Waals surface area contributed by atoms with Crippen LogP contribution in [-0.2, 0) is 9.53 Å². The van der Waals surface area contributed by atoms with Gasteiger partial charge < -0.3 is 25.2 Å². The molecule has 110 valence electrons. The van der Waals surface area contributed by atoms with Crippen LogP contribution in [0.15, 0.2) is 0 Å². The smallest absolute Gasteiger partial charge is 0.411 e. The molecular formula is C11H19NO7. The van der Waals surface area contributed by atoms with Crippen molar-refractivity contribution in [1.29, 1.82) is 0 Å². The Labute approximate surface area is 110 Å². The van der Waals surface area contributed by atoms with E-state index in [1.165, 1.54) is 0 Å². The predicted molar refractivity (Wildman–Crippen MR) is 61.9 cm³/mol. The average molecular weight is 277 g/mol. The number of amides is 1. The fourth-order valence-corrected chi connectivity index (χ4v) is 1.87. The summed E-state index contributed by atoms with van der Waals surface area (Å²) in [5.74, 6) is -5.48. The van der Waals surface area contributed by atoms with Crippen molar-refractivity contribution in [3.05, 3.63) is 0 Å². The maximum atomic E-state index is 11.8. The van der Waals surface area contributed by atoms with Gasteiger partial charge in [-0.1, -0.05) is 0 Å². The summed E-state index contributed by atoms with van der Waals surface area (Å²) < 4.78 is 5.04. The van der Waals surface area contributed by atoms with Gasteiger partial charge in [0.1, 0.15) is 11.6 Å². The van der Waals surface area contributed by atoms with Crippen molar-refractivity contribution in [2.45, 2.75) is 44.8 Å². The number of hydrogen-bond donors (Lipinski definition) is 4. The van der Waals surface area contributed by atoms with Gasteiger partial charge in [-0.05, 0) is 27.2 Å². The molecule has 0 unspecified atom stereocenters. The molecule has 1 rings (SSSR count). The van der Waals surface area contributed by atoms with Gasteiger partial charge in [0.2, 0.25) is 0 Å².